The van der Waals surface area contributed by atoms with Crippen molar-refractivity contribution in [2.45, 2.75) is 40.5 Å². The van der Waals surface area contributed by atoms with Crippen LogP contribution in [0.25, 0.3) is 0 Å². The first-order valence-electron chi connectivity index (χ1n) is 8.92. The molecular formula is C20H26N4O. The molecule has 5 nitrogen and oxygen atoms in total. The first-order valence-corrected chi connectivity index (χ1v) is 8.92. The number of nitrogens with one attached hydrogen (secondary N) is 1. The molecule has 1 aliphatic heterocycles. The summed E-state index contributed by atoms with van der Waals surface area (Å²) in [5.41, 5.74) is 4.19. The van der Waals surface area contributed by atoms with Gasteiger partial charge < -0.3 is 10.2 Å². The molecule has 2 aromatic rings. The number of amides is 1. The normalized spacial score (nSPS) is 15.3. The number of aryl methyl sites for hydroxylation is 3. The molecule has 0 spiro atoms. The summed E-state index contributed by atoms with van der Waals surface area (Å²) in [5.74, 6) is 1.22. The van der Waals surface area contributed by atoms with E-state index in [1.165, 1.54) is 0 Å². The second-order valence-electron chi connectivity index (χ2n) is 7.09. The second-order valence-corrected chi connectivity index (χ2v) is 7.09. The number of para-hydroxylation sites is 1. The molecule has 25 heavy (non-hydrogen) atoms. The summed E-state index contributed by atoms with van der Waals surface area (Å²) >= 11 is 0. The zero-order valence-electron chi connectivity index (χ0n) is 15.5. The SMILES string of the molecule is Cc1cc(C(=O)Nc2c(C)cccc2C)nc(N2CCC(C)CC2)n1. The van der Waals surface area contributed by atoms with Gasteiger partial charge in [0.1, 0.15) is 5.69 Å². The van der Waals surface area contributed by atoms with Crippen LogP contribution in [0, 0.1) is 26.7 Å². The number of rotatable bonds is 3. The van der Waals surface area contributed by atoms with Crippen molar-refractivity contribution in [3.8, 4) is 0 Å². The lowest BCUT2D eigenvalue weighted by Crippen LogP contribution is -2.34. The summed E-state index contributed by atoms with van der Waals surface area (Å²) in [6.07, 6.45) is 2.28. The van der Waals surface area contributed by atoms with Gasteiger partial charge in [0.2, 0.25) is 5.95 Å². The van der Waals surface area contributed by atoms with Crippen molar-refractivity contribution in [1.29, 1.82) is 0 Å². The highest BCUT2D eigenvalue weighted by atomic mass is 16.1. The van der Waals surface area contributed by atoms with E-state index in [0.717, 1.165) is 54.4 Å². The lowest BCUT2D eigenvalue weighted by molar-refractivity contribution is 0.102. The predicted octanol–water partition coefficient (Wildman–Crippen LogP) is 3.89. The average Bonchev–Trinajstić information content (AvgIpc) is 2.58. The van der Waals surface area contributed by atoms with Crippen LogP contribution < -0.4 is 10.2 Å². The van der Waals surface area contributed by atoms with Gasteiger partial charge in [0.25, 0.3) is 5.91 Å². The highest BCUT2D eigenvalue weighted by molar-refractivity contribution is 6.04. The third-order valence-electron chi connectivity index (χ3n) is 4.86. The van der Waals surface area contributed by atoms with Gasteiger partial charge in [-0.1, -0.05) is 25.1 Å². The monoisotopic (exact) mass is 338 g/mol. The smallest absolute Gasteiger partial charge is 0.274 e. The molecule has 1 fully saturated rings. The Bertz CT molecular complexity index is 759. The van der Waals surface area contributed by atoms with E-state index in [-0.39, 0.29) is 5.91 Å². The first-order chi connectivity index (χ1) is 11.9. The number of hydrogen-bond acceptors (Lipinski definition) is 4. The van der Waals surface area contributed by atoms with E-state index < -0.39 is 0 Å². The highest BCUT2D eigenvalue weighted by Crippen LogP contribution is 2.22. The molecule has 0 unspecified atom stereocenters. The minimum absolute atomic E-state index is 0.186. The van der Waals surface area contributed by atoms with E-state index in [0.29, 0.717) is 11.6 Å². The Hall–Kier alpha value is -2.43. The van der Waals surface area contributed by atoms with Gasteiger partial charge in [-0.25, -0.2) is 9.97 Å². The molecule has 132 valence electrons. The van der Waals surface area contributed by atoms with E-state index in [4.69, 9.17) is 0 Å². The number of anilines is 2. The molecule has 1 aromatic carbocycles. The van der Waals surface area contributed by atoms with Gasteiger partial charge in [0.15, 0.2) is 0 Å². The van der Waals surface area contributed by atoms with E-state index in [1.54, 1.807) is 6.07 Å². The van der Waals surface area contributed by atoms with Gasteiger partial charge in [-0.15, -0.1) is 0 Å². The average molecular weight is 338 g/mol. The number of carbonyl (C=O) groups excluding carboxylic acids is 1. The number of hydrogen-bond donors (Lipinski definition) is 1. The van der Waals surface area contributed by atoms with Crippen molar-refractivity contribution in [2.24, 2.45) is 5.92 Å². The number of piperidine rings is 1. The Morgan fingerprint density at radius 1 is 1.12 bits per heavy atom. The Labute approximate surface area is 149 Å². The van der Waals surface area contributed by atoms with E-state index in [2.05, 4.69) is 27.1 Å². The van der Waals surface area contributed by atoms with Crippen molar-refractivity contribution in [2.75, 3.05) is 23.3 Å². The minimum Gasteiger partial charge on any atom is -0.341 e. The van der Waals surface area contributed by atoms with Gasteiger partial charge >= 0.3 is 0 Å². The lowest BCUT2D eigenvalue weighted by atomic mass is 10.00. The standard InChI is InChI=1S/C20H26N4O/c1-13-8-10-24(11-9-13)20-21-16(4)12-17(22-20)19(25)23-18-14(2)6-5-7-15(18)3/h5-7,12-13H,8-11H2,1-4H3,(H,23,25). The summed E-state index contributed by atoms with van der Waals surface area (Å²) in [5, 5.41) is 3.01. The first kappa shape index (κ1) is 17.4. The predicted molar refractivity (Wildman–Crippen MR) is 101 cm³/mol. The Balaban J connectivity index is 1.83. The van der Waals surface area contributed by atoms with Gasteiger partial charge in [-0.3, -0.25) is 4.79 Å². The molecule has 5 heteroatoms. The van der Waals surface area contributed by atoms with Crippen molar-refractivity contribution in [3.63, 3.8) is 0 Å². The zero-order valence-corrected chi connectivity index (χ0v) is 15.5. The molecule has 2 heterocycles. The largest absolute Gasteiger partial charge is 0.341 e. The zero-order chi connectivity index (χ0) is 18.0. The fourth-order valence-electron chi connectivity index (χ4n) is 3.21. The molecular weight excluding hydrogens is 312 g/mol. The van der Waals surface area contributed by atoms with Crippen LogP contribution in [-0.4, -0.2) is 29.0 Å². The molecule has 1 aromatic heterocycles. The summed E-state index contributed by atoms with van der Waals surface area (Å²) in [4.78, 5) is 24.0. The summed E-state index contributed by atoms with van der Waals surface area (Å²) in [6.45, 7) is 10.1. The quantitative estimate of drug-likeness (QED) is 0.922. The maximum Gasteiger partial charge on any atom is 0.274 e. The van der Waals surface area contributed by atoms with E-state index in [9.17, 15) is 4.79 Å². The van der Waals surface area contributed by atoms with E-state index in [1.807, 2.05) is 39.0 Å². The molecule has 0 radical (unpaired) electrons. The molecule has 0 bridgehead atoms. The maximum atomic E-state index is 12.7. The summed E-state index contributed by atoms with van der Waals surface area (Å²) in [7, 11) is 0. The summed E-state index contributed by atoms with van der Waals surface area (Å²) in [6, 6.07) is 7.73. The number of benzene rings is 1. The fraction of sp³-hybridized carbons (Fsp3) is 0.450. The third-order valence-corrected chi connectivity index (χ3v) is 4.86. The van der Waals surface area contributed by atoms with Crippen molar-refractivity contribution < 1.29 is 4.79 Å². The van der Waals surface area contributed by atoms with Gasteiger partial charge in [0.05, 0.1) is 0 Å². The van der Waals surface area contributed by atoms with Crippen LogP contribution in [0.15, 0.2) is 24.3 Å². The van der Waals surface area contributed by atoms with Crippen LogP contribution in [0.3, 0.4) is 0 Å². The molecule has 0 saturated carbocycles. The molecule has 3 rings (SSSR count). The topological polar surface area (TPSA) is 58.1 Å². The van der Waals surface area contributed by atoms with E-state index >= 15 is 0 Å². The molecule has 1 amide bonds. The number of aromatic nitrogens is 2. The second kappa shape index (κ2) is 7.21. The van der Waals surface area contributed by atoms with Crippen molar-refractivity contribution in [3.05, 3.63) is 46.8 Å². The molecule has 1 aliphatic rings. The maximum absolute atomic E-state index is 12.7. The van der Waals surface area contributed by atoms with Gasteiger partial charge in [0, 0.05) is 24.5 Å². The highest BCUT2D eigenvalue weighted by Gasteiger charge is 2.20. The van der Waals surface area contributed by atoms with Crippen molar-refractivity contribution >= 4 is 17.5 Å². The summed E-state index contributed by atoms with van der Waals surface area (Å²) < 4.78 is 0. The van der Waals surface area contributed by atoms with Gasteiger partial charge in [-0.2, -0.15) is 0 Å². The molecule has 0 aliphatic carbocycles. The minimum atomic E-state index is -0.186. The van der Waals surface area contributed by atoms with Crippen LogP contribution in [0.4, 0.5) is 11.6 Å². The van der Waals surface area contributed by atoms with Gasteiger partial charge in [-0.05, 0) is 56.7 Å². The lowest BCUT2D eigenvalue weighted by Gasteiger charge is -2.30. The molecule has 1 saturated heterocycles. The molecule has 0 atom stereocenters. The number of carbonyl (C=O) groups is 1. The van der Waals surface area contributed by atoms with Crippen LogP contribution in [0.2, 0.25) is 0 Å². The van der Waals surface area contributed by atoms with Crippen LogP contribution in [0.5, 0.6) is 0 Å². The van der Waals surface area contributed by atoms with Crippen LogP contribution in [-0.2, 0) is 0 Å². The fourth-order valence-corrected chi connectivity index (χ4v) is 3.21. The van der Waals surface area contributed by atoms with Crippen LogP contribution >= 0.6 is 0 Å². The number of nitrogens with zero attached hydrogens (tertiary/aromatic N) is 3. The van der Waals surface area contributed by atoms with Crippen molar-refractivity contribution in [1.82, 2.24) is 9.97 Å². The Morgan fingerprint density at radius 3 is 2.40 bits per heavy atom. The van der Waals surface area contributed by atoms with Crippen LogP contribution in [0.1, 0.15) is 47.1 Å². The Morgan fingerprint density at radius 2 is 1.76 bits per heavy atom. The third kappa shape index (κ3) is 3.98. The Kier molecular flexibility index (Phi) is 5.02. The molecule has 1 N–H and O–H groups in total.